The minimum atomic E-state index is -0.584. The van der Waals surface area contributed by atoms with Gasteiger partial charge in [-0.3, -0.25) is 20.2 Å². The van der Waals surface area contributed by atoms with Crippen LogP contribution in [-0.4, -0.2) is 24.0 Å². The number of hydrogen-bond acceptors (Lipinski definition) is 5. The van der Waals surface area contributed by atoms with Crippen LogP contribution in [0.25, 0.3) is 0 Å². The van der Waals surface area contributed by atoms with Gasteiger partial charge >= 0.3 is 0 Å². The van der Waals surface area contributed by atoms with Gasteiger partial charge in [-0.05, 0) is 24.1 Å². The lowest BCUT2D eigenvalue weighted by molar-refractivity contribution is -0.384. The molecule has 3 aromatic carbocycles. The van der Waals surface area contributed by atoms with E-state index >= 15 is 0 Å². The molecule has 0 aliphatic heterocycles. The summed E-state index contributed by atoms with van der Waals surface area (Å²) in [5.74, 6) is 0.0227. The minimum Gasteiger partial charge on any atom is -0.495 e. The number of carbonyl (C=O) groups excluding carboxylic acids is 1. The first-order chi connectivity index (χ1) is 14.5. The van der Waals surface area contributed by atoms with Crippen molar-refractivity contribution in [1.82, 2.24) is 5.32 Å². The zero-order chi connectivity index (χ0) is 21.5. The summed E-state index contributed by atoms with van der Waals surface area (Å²) in [5.41, 5.74) is 2.17. The van der Waals surface area contributed by atoms with E-state index in [1.165, 1.54) is 25.3 Å². The highest BCUT2D eigenvalue weighted by molar-refractivity contribution is 5.96. The summed E-state index contributed by atoms with van der Waals surface area (Å²) < 4.78 is 5.22. The summed E-state index contributed by atoms with van der Waals surface area (Å²) in [6.45, 7) is 1.75. The molecule has 0 saturated heterocycles. The van der Waals surface area contributed by atoms with E-state index in [2.05, 4.69) is 10.6 Å². The molecule has 0 aliphatic rings. The number of ether oxygens (including phenoxy) is 1. The number of nitrogens with one attached hydrogen (secondary N) is 2. The average molecular weight is 405 g/mol. The van der Waals surface area contributed by atoms with Crippen LogP contribution in [0.15, 0.2) is 78.9 Å². The van der Waals surface area contributed by atoms with E-state index in [4.69, 9.17) is 4.74 Å². The Balaban J connectivity index is 1.81. The summed E-state index contributed by atoms with van der Waals surface area (Å²) in [6, 6.07) is 23.0. The normalized spacial score (nSPS) is 11.7. The summed E-state index contributed by atoms with van der Waals surface area (Å²) >= 11 is 0. The second-order valence-electron chi connectivity index (χ2n) is 6.77. The van der Waals surface area contributed by atoms with Crippen molar-refractivity contribution < 1.29 is 14.5 Å². The van der Waals surface area contributed by atoms with Gasteiger partial charge < -0.3 is 10.1 Å². The molecule has 2 N–H and O–H groups in total. The van der Waals surface area contributed by atoms with Gasteiger partial charge in [-0.1, -0.05) is 60.7 Å². The molecule has 7 heteroatoms. The lowest BCUT2D eigenvalue weighted by Crippen LogP contribution is -2.40. The van der Waals surface area contributed by atoms with E-state index in [9.17, 15) is 14.9 Å². The lowest BCUT2D eigenvalue weighted by atomic mass is 9.98. The van der Waals surface area contributed by atoms with Crippen LogP contribution < -0.4 is 15.4 Å². The molecule has 0 bridgehead atoms. The number of non-ortho nitro benzene ring substituents is 1. The van der Waals surface area contributed by atoms with E-state index in [0.717, 1.165) is 11.1 Å². The molecule has 0 radical (unpaired) electrons. The highest BCUT2D eigenvalue weighted by atomic mass is 16.6. The summed E-state index contributed by atoms with van der Waals surface area (Å²) in [7, 11) is 1.44. The fourth-order valence-electron chi connectivity index (χ4n) is 3.15. The Hall–Kier alpha value is -3.71. The fraction of sp³-hybridized carbons (Fsp3) is 0.174. The molecule has 0 saturated carbocycles. The van der Waals surface area contributed by atoms with Gasteiger partial charge in [-0.25, -0.2) is 0 Å². The number of benzene rings is 3. The second-order valence-corrected chi connectivity index (χ2v) is 6.77. The molecule has 30 heavy (non-hydrogen) atoms. The molecule has 0 aliphatic carbocycles. The van der Waals surface area contributed by atoms with Crippen LogP contribution in [0, 0.1) is 10.1 Å². The van der Waals surface area contributed by atoms with E-state index in [0.29, 0.717) is 5.75 Å². The molecule has 0 spiro atoms. The summed E-state index contributed by atoms with van der Waals surface area (Å²) in [5, 5.41) is 17.2. The van der Waals surface area contributed by atoms with Crippen molar-refractivity contribution in [3.63, 3.8) is 0 Å². The molecular formula is C23H23N3O4. The molecule has 0 aromatic heterocycles. The predicted molar refractivity (Wildman–Crippen MR) is 116 cm³/mol. The monoisotopic (exact) mass is 405 g/mol. The maximum Gasteiger partial charge on any atom is 0.271 e. The number of rotatable bonds is 8. The number of hydrogen-bond donors (Lipinski definition) is 2. The first-order valence-electron chi connectivity index (χ1n) is 9.49. The van der Waals surface area contributed by atoms with Crippen molar-refractivity contribution in [2.75, 3.05) is 12.4 Å². The van der Waals surface area contributed by atoms with Gasteiger partial charge in [0.25, 0.3) is 5.69 Å². The number of amides is 1. The molecule has 0 heterocycles. The Labute approximate surface area is 174 Å². The van der Waals surface area contributed by atoms with Gasteiger partial charge in [0.1, 0.15) is 5.75 Å². The van der Waals surface area contributed by atoms with Crippen molar-refractivity contribution >= 4 is 17.3 Å². The van der Waals surface area contributed by atoms with Crippen LogP contribution in [-0.2, 0) is 4.79 Å². The van der Waals surface area contributed by atoms with Crippen molar-refractivity contribution in [2.45, 2.75) is 19.0 Å². The zero-order valence-electron chi connectivity index (χ0n) is 16.7. The molecule has 1 unspecified atom stereocenters. The van der Waals surface area contributed by atoms with Crippen molar-refractivity contribution in [3.05, 3.63) is 100 Å². The number of carbonyl (C=O) groups is 1. The molecule has 7 nitrogen and oxygen atoms in total. The van der Waals surface area contributed by atoms with E-state index in [1.54, 1.807) is 6.92 Å². The zero-order valence-corrected chi connectivity index (χ0v) is 16.7. The SMILES string of the molecule is COc1ccc([N+](=O)[O-])cc1NC(=O)C(C)NC(c1ccccc1)c1ccccc1. The smallest absolute Gasteiger partial charge is 0.271 e. The highest BCUT2D eigenvalue weighted by Crippen LogP contribution is 2.29. The first-order valence-corrected chi connectivity index (χ1v) is 9.49. The Morgan fingerprint density at radius 2 is 1.53 bits per heavy atom. The maximum absolute atomic E-state index is 12.9. The van der Waals surface area contributed by atoms with E-state index < -0.39 is 11.0 Å². The van der Waals surface area contributed by atoms with Crippen LogP contribution >= 0.6 is 0 Å². The summed E-state index contributed by atoms with van der Waals surface area (Å²) in [4.78, 5) is 23.4. The Morgan fingerprint density at radius 3 is 2.03 bits per heavy atom. The van der Waals surface area contributed by atoms with Crippen molar-refractivity contribution in [3.8, 4) is 5.75 Å². The Bertz CT molecular complexity index is 970. The second kappa shape index (κ2) is 9.67. The van der Waals surface area contributed by atoms with Crippen LogP contribution in [0.4, 0.5) is 11.4 Å². The van der Waals surface area contributed by atoms with Crippen LogP contribution in [0.2, 0.25) is 0 Å². The van der Waals surface area contributed by atoms with Crippen LogP contribution in [0.5, 0.6) is 5.75 Å². The molecule has 1 amide bonds. The molecular weight excluding hydrogens is 382 g/mol. The van der Waals surface area contributed by atoms with Crippen LogP contribution in [0.1, 0.15) is 24.1 Å². The average Bonchev–Trinajstić information content (AvgIpc) is 2.78. The van der Waals surface area contributed by atoms with E-state index in [-0.39, 0.29) is 23.3 Å². The van der Waals surface area contributed by atoms with Gasteiger partial charge in [0.15, 0.2) is 0 Å². The topological polar surface area (TPSA) is 93.5 Å². The highest BCUT2D eigenvalue weighted by Gasteiger charge is 2.22. The molecule has 3 rings (SSSR count). The van der Waals surface area contributed by atoms with Crippen molar-refractivity contribution in [2.24, 2.45) is 0 Å². The third-order valence-corrected chi connectivity index (χ3v) is 4.73. The summed E-state index contributed by atoms with van der Waals surface area (Å²) in [6.07, 6.45) is 0. The third kappa shape index (κ3) is 5.01. The predicted octanol–water partition coefficient (Wildman–Crippen LogP) is 4.31. The number of nitro groups is 1. The standard InChI is InChI=1S/C23H23N3O4/c1-16(23(27)25-20-15-19(26(28)29)13-14-21(20)30-2)24-22(17-9-5-3-6-10-17)18-11-7-4-8-12-18/h3-16,22,24H,1-2H3,(H,25,27). The fourth-order valence-corrected chi connectivity index (χ4v) is 3.15. The van der Waals surface area contributed by atoms with Crippen LogP contribution in [0.3, 0.4) is 0 Å². The Morgan fingerprint density at radius 1 is 0.967 bits per heavy atom. The number of nitrogens with zero attached hydrogens (tertiary/aromatic N) is 1. The van der Waals surface area contributed by atoms with Gasteiger partial charge in [0, 0.05) is 12.1 Å². The number of anilines is 1. The lowest BCUT2D eigenvalue weighted by Gasteiger charge is -2.24. The quantitative estimate of drug-likeness (QED) is 0.430. The first kappa shape index (κ1) is 21.0. The molecule has 154 valence electrons. The van der Waals surface area contributed by atoms with E-state index in [1.807, 2.05) is 60.7 Å². The number of nitro benzene ring substituents is 1. The number of methoxy groups -OCH3 is 1. The minimum absolute atomic E-state index is 0.127. The third-order valence-electron chi connectivity index (χ3n) is 4.73. The van der Waals surface area contributed by atoms with Gasteiger partial charge in [-0.15, -0.1) is 0 Å². The largest absolute Gasteiger partial charge is 0.495 e. The van der Waals surface area contributed by atoms with Gasteiger partial charge in [0.05, 0.1) is 29.8 Å². The van der Waals surface area contributed by atoms with Gasteiger partial charge in [-0.2, -0.15) is 0 Å². The Kier molecular flexibility index (Phi) is 6.77. The maximum atomic E-state index is 12.9. The molecule has 1 atom stereocenters. The van der Waals surface area contributed by atoms with Crippen molar-refractivity contribution in [1.29, 1.82) is 0 Å². The molecule has 0 fully saturated rings. The van der Waals surface area contributed by atoms with Gasteiger partial charge in [0.2, 0.25) is 5.91 Å². The molecule has 3 aromatic rings.